The maximum Gasteiger partial charge on any atom is 0.274 e. The molecule has 19 heavy (non-hydrogen) atoms. The van der Waals surface area contributed by atoms with E-state index in [2.05, 4.69) is 25.7 Å². The molecule has 2 N–H and O–H groups in total. The number of hydrazone groups is 1. The number of hydrogen-bond donors (Lipinski definition) is 2. The summed E-state index contributed by atoms with van der Waals surface area (Å²) >= 11 is 11.7. The second kappa shape index (κ2) is 5.81. The fraction of sp³-hybridized carbons (Fsp3) is 0.0909. The summed E-state index contributed by atoms with van der Waals surface area (Å²) in [5.74, 6) is 0.150. The van der Waals surface area contributed by atoms with Gasteiger partial charge in [-0.15, -0.1) is 10.2 Å². The van der Waals surface area contributed by atoms with E-state index in [4.69, 9.17) is 23.2 Å². The first kappa shape index (κ1) is 13.5. The molecule has 2 rings (SSSR count). The topological polar surface area (TPSA) is 83.0 Å². The summed E-state index contributed by atoms with van der Waals surface area (Å²) in [5, 5.41) is 12.3. The molecule has 0 amide bonds. The molecular formula is C11H9Cl2N5O. The summed E-state index contributed by atoms with van der Waals surface area (Å²) in [5.41, 5.74) is 3.20. The van der Waals surface area contributed by atoms with E-state index >= 15 is 0 Å². The molecule has 2 aromatic rings. The van der Waals surface area contributed by atoms with Crippen LogP contribution in [0.2, 0.25) is 10.0 Å². The molecule has 0 unspecified atom stereocenters. The third-order valence-corrected chi connectivity index (χ3v) is 2.76. The second-order valence-electron chi connectivity index (χ2n) is 3.62. The van der Waals surface area contributed by atoms with Crippen LogP contribution in [0.3, 0.4) is 0 Å². The number of aromatic nitrogens is 3. The van der Waals surface area contributed by atoms with Gasteiger partial charge < -0.3 is 0 Å². The van der Waals surface area contributed by atoms with Gasteiger partial charge >= 0.3 is 0 Å². The number of nitrogens with zero attached hydrogens (tertiary/aromatic N) is 3. The number of rotatable bonds is 3. The summed E-state index contributed by atoms with van der Waals surface area (Å²) in [6, 6.07) is 5.03. The standard InChI is InChI=1S/C11H9Cl2N5O/c1-6-10(19)15-11(18-16-6)17-14-5-7-2-3-8(12)4-9(7)13/h2-5H,1H3,(H2,15,17,18,19). The van der Waals surface area contributed by atoms with Crippen LogP contribution >= 0.6 is 23.2 Å². The lowest BCUT2D eigenvalue weighted by molar-refractivity contribution is 0.897. The molecule has 0 atom stereocenters. The fourth-order valence-electron chi connectivity index (χ4n) is 1.21. The molecular weight excluding hydrogens is 289 g/mol. The Labute approximate surface area is 118 Å². The minimum atomic E-state index is -0.322. The molecule has 1 heterocycles. The van der Waals surface area contributed by atoms with Crippen molar-refractivity contribution in [1.29, 1.82) is 0 Å². The van der Waals surface area contributed by atoms with Gasteiger partial charge in [0.2, 0.25) is 5.95 Å². The molecule has 0 aliphatic rings. The van der Waals surface area contributed by atoms with Gasteiger partial charge in [-0.1, -0.05) is 29.3 Å². The monoisotopic (exact) mass is 297 g/mol. The lowest BCUT2D eigenvalue weighted by atomic mass is 10.2. The van der Waals surface area contributed by atoms with E-state index < -0.39 is 0 Å². The number of aromatic amines is 1. The zero-order valence-corrected chi connectivity index (χ0v) is 11.3. The molecule has 0 saturated heterocycles. The first-order chi connectivity index (χ1) is 9.06. The molecule has 8 heteroatoms. The van der Waals surface area contributed by atoms with E-state index in [0.29, 0.717) is 15.6 Å². The van der Waals surface area contributed by atoms with Gasteiger partial charge in [-0.2, -0.15) is 5.10 Å². The van der Waals surface area contributed by atoms with E-state index in [9.17, 15) is 4.79 Å². The summed E-state index contributed by atoms with van der Waals surface area (Å²) in [4.78, 5) is 13.8. The molecule has 98 valence electrons. The highest BCUT2D eigenvalue weighted by Crippen LogP contribution is 2.19. The summed E-state index contributed by atoms with van der Waals surface area (Å²) in [7, 11) is 0. The van der Waals surface area contributed by atoms with Gasteiger partial charge in [0.25, 0.3) is 5.56 Å². The van der Waals surface area contributed by atoms with Crippen molar-refractivity contribution in [2.24, 2.45) is 5.10 Å². The third kappa shape index (κ3) is 3.52. The highest BCUT2D eigenvalue weighted by Gasteiger charge is 1.99. The Bertz CT molecular complexity index is 683. The second-order valence-corrected chi connectivity index (χ2v) is 4.47. The van der Waals surface area contributed by atoms with Gasteiger partial charge in [-0.3, -0.25) is 9.78 Å². The van der Waals surface area contributed by atoms with E-state index in [-0.39, 0.29) is 17.2 Å². The van der Waals surface area contributed by atoms with Crippen molar-refractivity contribution in [2.75, 3.05) is 5.43 Å². The lowest BCUT2D eigenvalue weighted by Crippen LogP contribution is -2.15. The van der Waals surface area contributed by atoms with Crippen molar-refractivity contribution in [1.82, 2.24) is 15.2 Å². The van der Waals surface area contributed by atoms with Gasteiger partial charge in [0, 0.05) is 10.6 Å². The molecule has 0 saturated carbocycles. The molecule has 6 nitrogen and oxygen atoms in total. The molecule has 0 aliphatic carbocycles. The summed E-state index contributed by atoms with van der Waals surface area (Å²) in [6.45, 7) is 1.56. The van der Waals surface area contributed by atoms with Gasteiger partial charge in [0.1, 0.15) is 5.69 Å². The fourth-order valence-corrected chi connectivity index (χ4v) is 1.67. The van der Waals surface area contributed by atoms with Gasteiger partial charge in [0.05, 0.1) is 11.2 Å². The first-order valence-electron chi connectivity index (χ1n) is 5.24. The Kier molecular flexibility index (Phi) is 4.13. The zero-order chi connectivity index (χ0) is 13.8. The van der Waals surface area contributed by atoms with Crippen molar-refractivity contribution in [2.45, 2.75) is 6.92 Å². The average molecular weight is 298 g/mol. The van der Waals surface area contributed by atoms with Crippen LogP contribution in [0.5, 0.6) is 0 Å². The lowest BCUT2D eigenvalue weighted by Gasteiger charge is -2.00. The normalized spacial score (nSPS) is 10.9. The number of anilines is 1. The average Bonchev–Trinajstić information content (AvgIpc) is 2.36. The van der Waals surface area contributed by atoms with Crippen LogP contribution in [-0.4, -0.2) is 21.4 Å². The van der Waals surface area contributed by atoms with Crippen LogP contribution in [0, 0.1) is 6.92 Å². The highest BCUT2D eigenvalue weighted by molar-refractivity contribution is 6.36. The highest BCUT2D eigenvalue weighted by atomic mass is 35.5. The number of halogens is 2. The number of aryl methyl sites for hydroxylation is 1. The minimum Gasteiger partial charge on any atom is -0.288 e. The van der Waals surface area contributed by atoms with Crippen molar-refractivity contribution in [3.05, 3.63) is 49.9 Å². The minimum absolute atomic E-state index is 0.150. The molecule has 1 aromatic carbocycles. The van der Waals surface area contributed by atoms with Crippen molar-refractivity contribution >= 4 is 35.4 Å². The first-order valence-corrected chi connectivity index (χ1v) is 5.99. The van der Waals surface area contributed by atoms with Crippen molar-refractivity contribution < 1.29 is 0 Å². The van der Waals surface area contributed by atoms with Gasteiger partial charge in [-0.25, -0.2) is 5.43 Å². The maximum atomic E-state index is 11.3. The smallest absolute Gasteiger partial charge is 0.274 e. The molecule has 0 bridgehead atoms. The van der Waals surface area contributed by atoms with Crippen LogP contribution in [-0.2, 0) is 0 Å². The SMILES string of the molecule is Cc1nnc(NN=Cc2ccc(Cl)cc2Cl)[nH]c1=O. The number of benzene rings is 1. The molecule has 0 aliphatic heterocycles. The zero-order valence-electron chi connectivity index (χ0n) is 9.82. The van der Waals surface area contributed by atoms with E-state index in [0.717, 1.165) is 0 Å². The molecule has 0 fully saturated rings. The molecule has 1 aromatic heterocycles. The Morgan fingerprint density at radius 1 is 1.37 bits per heavy atom. The third-order valence-electron chi connectivity index (χ3n) is 2.20. The predicted molar refractivity (Wildman–Crippen MR) is 75.1 cm³/mol. The quantitative estimate of drug-likeness (QED) is 0.672. The Morgan fingerprint density at radius 2 is 2.16 bits per heavy atom. The molecule has 0 radical (unpaired) electrons. The van der Waals surface area contributed by atoms with E-state index in [1.165, 1.54) is 6.21 Å². The summed E-state index contributed by atoms with van der Waals surface area (Å²) in [6.07, 6.45) is 1.48. The number of nitrogens with one attached hydrogen (secondary N) is 2. The molecule has 0 spiro atoms. The largest absolute Gasteiger partial charge is 0.288 e. The summed E-state index contributed by atoms with van der Waals surface area (Å²) < 4.78 is 0. The van der Waals surface area contributed by atoms with Crippen LogP contribution in [0.1, 0.15) is 11.3 Å². The van der Waals surface area contributed by atoms with Crippen LogP contribution in [0.4, 0.5) is 5.95 Å². The number of H-pyrrole nitrogens is 1. The number of hydrogen-bond acceptors (Lipinski definition) is 5. The van der Waals surface area contributed by atoms with Gasteiger partial charge in [0.15, 0.2) is 0 Å². The van der Waals surface area contributed by atoms with Gasteiger partial charge in [-0.05, 0) is 19.1 Å². The van der Waals surface area contributed by atoms with Crippen molar-refractivity contribution in [3.63, 3.8) is 0 Å². The van der Waals surface area contributed by atoms with E-state index in [1.807, 2.05) is 0 Å². The van der Waals surface area contributed by atoms with E-state index in [1.54, 1.807) is 25.1 Å². The Morgan fingerprint density at radius 3 is 2.84 bits per heavy atom. The predicted octanol–water partition coefficient (Wildman–Crippen LogP) is 2.23. The Hall–Kier alpha value is -1.92. The van der Waals surface area contributed by atoms with Crippen molar-refractivity contribution in [3.8, 4) is 0 Å². The van der Waals surface area contributed by atoms with Crippen LogP contribution < -0.4 is 11.0 Å². The Balaban J connectivity index is 2.11. The van der Waals surface area contributed by atoms with Crippen LogP contribution in [0.25, 0.3) is 0 Å². The van der Waals surface area contributed by atoms with Crippen LogP contribution in [0.15, 0.2) is 28.1 Å². The maximum absolute atomic E-state index is 11.3.